The number of hydrogen-bond donors (Lipinski definition) is 4. The highest BCUT2D eigenvalue weighted by Gasteiger charge is 2.64. The molecule has 2 amide bonds. The first kappa shape index (κ1) is 41.3. The summed E-state index contributed by atoms with van der Waals surface area (Å²) in [6.07, 6.45) is 9.61. The Morgan fingerprint density at radius 1 is 1.02 bits per heavy atom. The van der Waals surface area contributed by atoms with Crippen LogP contribution in [0.2, 0.25) is 0 Å². The van der Waals surface area contributed by atoms with Crippen LogP contribution in [0.4, 0.5) is 4.79 Å². The predicted molar refractivity (Wildman–Crippen MR) is 202 cm³/mol. The number of rotatable bonds is 14. The largest absolute Gasteiger partial charge is 0.481 e. The summed E-state index contributed by atoms with van der Waals surface area (Å²) in [5.41, 5.74) is 0.0479. The Hall–Kier alpha value is -2.42. The van der Waals surface area contributed by atoms with Crippen LogP contribution in [-0.2, 0) is 19.1 Å². The average Bonchev–Trinajstić information content (AvgIpc) is 3.63. The maximum Gasteiger partial charge on any atom is 0.315 e. The van der Waals surface area contributed by atoms with E-state index in [2.05, 4.69) is 78.3 Å². The van der Waals surface area contributed by atoms with Gasteiger partial charge < -0.3 is 25.8 Å². The molecule has 1 unspecified atom stereocenters. The Labute approximate surface area is 308 Å². The molecule has 0 spiro atoms. The number of allylic oxidation sites excluding steroid dienone is 1. The van der Waals surface area contributed by atoms with Crippen molar-refractivity contribution in [3.05, 3.63) is 11.1 Å². The summed E-state index contributed by atoms with van der Waals surface area (Å²) in [6.45, 7) is 24.9. The molecular formula is C42H71N3O6. The molecule has 290 valence electrons. The van der Waals surface area contributed by atoms with Crippen molar-refractivity contribution in [1.82, 2.24) is 16.0 Å². The highest BCUT2D eigenvalue weighted by Crippen LogP contribution is 2.69. The van der Waals surface area contributed by atoms with Gasteiger partial charge in [-0.2, -0.15) is 0 Å². The maximum absolute atomic E-state index is 13.9. The van der Waals surface area contributed by atoms with Gasteiger partial charge in [-0.1, -0.05) is 68.7 Å². The van der Waals surface area contributed by atoms with Gasteiger partial charge in [0.05, 0.1) is 17.4 Å². The molecule has 0 radical (unpaired) electrons. The van der Waals surface area contributed by atoms with Crippen LogP contribution in [0.3, 0.4) is 0 Å². The molecule has 4 rings (SSSR count). The minimum Gasteiger partial charge on any atom is -0.481 e. The zero-order chi connectivity index (χ0) is 38.2. The lowest BCUT2D eigenvalue weighted by Crippen LogP contribution is -2.63. The maximum atomic E-state index is 13.9. The number of amides is 2. The third-order valence-corrected chi connectivity index (χ3v) is 14.0. The standard InChI is InChI=1S/C42H71N3O6/c1-12-19-40(10)29(27(4)15-18-32(38(5,6)7)51-33(47)24-39(8,9)36(48)49)16-17-30-35-34(26(2)3)31(46)23-42(35,21-20-41(30,40)11)45-37(50)44-25-28-14-13-22-43-28/h26-30,32,43H,12-25H2,1-11H3,(H,48,49)(H2,44,45,50)/t27?,28-,29+,30+,32-,40+,41+,42+/m0/s1. The first-order valence-corrected chi connectivity index (χ1v) is 20.1. The summed E-state index contributed by atoms with van der Waals surface area (Å²) in [7, 11) is 0. The van der Waals surface area contributed by atoms with E-state index < -0.39 is 22.9 Å². The normalized spacial score (nSPS) is 32.3. The third kappa shape index (κ3) is 8.38. The van der Waals surface area contributed by atoms with Crippen molar-refractivity contribution < 1.29 is 29.0 Å². The van der Waals surface area contributed by atoms with Gasteiger partial charge in [0.2, 0.25) is 0 Å². The molecule has 9 heteroatoms. The molecule has 0 aromatic carbocycles. The smallest absolute Gasteiger partial charge is 0.315 e. The first-order chi connectivity index (χ1) is 23.6. The molecule has 4 aliphatic rings. The number of Topliss-reactive ketones (excluding diaryl/α,β-unsaturated/α-hetero) is 1. The van der Waals surface area contributed by atoms with E-state index in [1.807, 2.05) is 0 Å². The number of carboxylic acid groups (broad SMARTS) is 1. The van der Waals surface area contributed by atoms with Crippen molar-refractivity contribution in [1.29, 1.82) is 0 Å². The van der Waals surface area contributed by atoms with E-state index >= 15 is 0 Å². The van der Waals surface area contributed by atoms with E-state index in [9.17, 15) is 24.3 Å². The summed E-state index contributed by atoms with van der Waals surface area (Å²) in [6, 6.07) is 0.137. The Balaban J connectivity index is 1.58. The molecule has 0 bridgehead atoms. The molecule has 8 atom stereocenters. The number of urea groups is 1. The van der Waals surface area contributed by atoms with Crippen LogP contribution in [0.1, 0.15) is 153 Å². The number of ketones is 1. The molecule has 9 nitrogen and oxygen atoms in total. The van der Waals surface area contributed by atoms with Gasteiger partial charge in [0, 0.05) is 19.0 Å². The molecule has 3 aliphatic carbocycles. The lowest BCUT2D eigenvalue weighted by Gasteiger charge is -2.65. The predicted octanol–water partition coefficient (Wildman–Crippen LogP) is 8.21. The van der Waals surface area contributed by atoms with Gasteiger partial charge in [0.25, 0.3) is 0 Å². The second-order valence-electron chi connectivity index (χ2n) is 19.4. The Kier molecular flexibility index (Phi) is 12.6. The van der Waals surface area contributed by atoms with Crippen LogP contribution in [0.15, 0.2) is 11.1 Å². The number of aliphatic carboxylic acids is 1. The van der Waals surface area contributed by atoms with Gasteiger partial charge in [-0.25, -0.2) is 4.79 Å². The molecule has 2 saturated carbocycles. The molecule has 51 heavy (non-hydrogen) atoms. The first-order valence-electron chi connectivity index (χ1n) is 20.1. The van der Waals surface area contributed by atoms with Crippen LogP contribution in [0, 0.1) is 45.3 Å². The van der Waals surface area contributed by atoms with E-state index in [-0.39, 0.29) is 52.4 Å². The van der Waals surface area contributed by atoms with Crippen molar-refractivity contribution in [2.24, 2.45) is 45.3 Å². The molecule has 1 heterocycles. The van der Waals surface area contributed by atoms with Crippen LogP contribution >= 0.6 is 0 Å². The minimum atomic E-state index is -1.18. The fourth-order valence-electron chi connectivity index (χ4n) is 10.9. The monoisotopic (exact) mass is 714 g/mol. The van der Waals surface area contributed by atoms with Crippen LogP contribution in [-0.4, -0.2) is 59.6 Å². The van der Waals surface area contributed by atoms with Crippen LogP contribution < -0.4 is 16.0 Å². The molecule has 0 aromatic heterocycles. The van der Waals surface area contributed by atoms with Crippen LogP contribution in [0.5, 0.6) is 0 Å². The quantitative estimate of drug-likeness (QED) is 0.133. The Morgan fingerprint density at radius 3 is 2.27 bits per heavy atom. The minimum absolute atomic E-state index is 0.00674. The number of ether oxygens (including phenoxy) is 1. The van der Waals surface area contributed by atoms with Gasteiger partial charge in [-0.05, 0) is 129 Å². The van der Waals surface area contributed by atoms with E-state index in [0.29, 0.717) is 30.8 Å². The summed E-state index contributed by atoms with van der Waals surface area (Å²) < 4.78 is 6.04. The molecular weight excluding hydrogens is 642 g/mol. The fourth-order valence-corrected chi connectivity index (χ4v) is 10.9. The number of hydrogen-bond acceptors (Lipinski definition) is 6. The van der Waals surface area contributed by atoms with Gasteiger partial charge in [0.15, 0.2) is 5.78 Å². The topological polar surface area (TPSA) is 134 Å². The number of carboxylic acids is 1. The molecule has 0 aromatic rings. The van der Waals surface area contributed by atoms with Gasteiger partial charge in [0.1, 0.15) is 6.10 Å². The van der Waals surface area contributed by atoms with Crippen molar-refractivity contribution >= 4 is 23.8 Å². The van der Waals surface area contributed by atoms with Gasteiger partial charge in [-0.3, -0.25) is 14.4 Å². The summed E-state index contributed by atoms with van der Waals surface area (Å²) in [5, 5.41) is 19.6. The van der Waals surface area contributed by atoms with Crippen molar-refractivity contribution in [3.8, 4) is 0 Å². The fraction of sp³-hybridized carbons (Fsp3) is 0.857. The van der Waals surface area contributed by atoms with E-state index in [1.54, 1.807) is 13.8 Å². The van der Waals surface area contributed by atoms with Crippen molar-refractivity contribution in [3.63, 3.8) is 0 Å². The second kappa shape index (κ2) is 15.5. The number of fused-ring (bicyclic) bond motifs is 3. The zero-order valence-corrected chi connectivity index (χ0v) is 33.9. The van der Waals surface area contributed by atoms with Gasteiger partial charge >= 0.3 is 18.0 Å². The molecule has 1 aliphatic heterocycles. The molecule has 3 fully saturated rings. The van der Waals surface area contributed by atoms with Crippen molar-refractivity contribution in [2.45, 2.75) is 171 Å². The SMILES string of the molecule is CCC[C@]1(C)[C@@H](C(C)CC[C@H](OC(=O)CC(C)(C)C(=O)O)C(C)(C)C)CC[C@@H]2C3=C(C(C)C)C(=O)C[C@]3(NC(=O)NC[C@@H]3CCCN3)CC[C@]21C. The Bertz CT molecular complexity index is 1340. The lowest BCUT2D eigenvalue weighted by atomic mass is 9.40. The average molecular weight is 714 g/mol. The number of carbonyl (C=O) groups excluding carboxylic acids is 3. The number of esters is 1. The van der Waals surface area contributed by atoms with Crippen molar-refractivity contribution in [2.75, 3.05) is 13.1 Å². The van der Waals surface area contributed by atoms with E-state index in [1.165, 1.54) is 5.57 Å². The summed E-state index contributed by atoms with van der Waals surface area (Å²) in [5.74, 6) is -0.129. The number of carbonyl (C=O) groups is 4. The van der Waals surface area contributed by atoms with E-state index in [0.717, 1.165) is 76.3 Å². The molecule has 4 N–H and O–H groups in total. The molecule has 1 saturated heterocycles. The third-order valence-electron chi connectivity index (χ3n) is 14.0. The summed E-state index contributed by atoms with van der Waals surface area (Å²) in [4.78, 5) is 52.1. The highest BCUT2D eigenvalue weighted by atomic mass is 16.5. The zero-order valence-electron chi connectivity index (χ0n) is 33.9. The number of nitrogens with one attached hydrogen (secondary N) is 3. The van der Waals surface area contributed by atoms with E-state index in [4.69, 9.17) is 4.74 Å². The Morgan fingerprint density at radius 2 is 1.71 bits per heavy atom. The van der Waals surface area contributed by atoms with Gasteiger partial charge in [-0.15, -0.1) is 0 Å². The lowest BCUT2D eigenvalue weighted by molar-refractivity contribution is -0.164. The summed E-state index contributed by atoms with van der Waals surface area (Å²) >= 11 is 0. The second-order valence-corrected chi connectivity index (χ2v) is 19.4. The highest BCUT2D eigenvalue weighted by molar-refractivity contribution is 6.02. The van der Waals surface area contributed by atoms with Crippen LogP contribution in [0.25, 0.3) is 0 Å².